The summed E-state index contributed by atoms with van der Waals surface area (Å²) in [6.45, 7) is 11.3. The molecular weight excluding hydrogens is 448 g/mol. The van der Waals surface area contributed by atoms with E-state index in [1.54, 1.807) is 0 Å². The van der Waals surface area contributed by atoms with Gasteiger partial charge >= 0.3 is 0 Å². The largest absolute Gasteiger partial charge is 0.490 e. The van der Waals surface area contributed by atoms with Crippen molar-refractivity contribution >= 4 is 0 Å². The number of para-hydroxylation sites is 2. The van der Waals surface area contributed by atoms with Gasteiger partial charge in [0.25, 0.3) is 0 Å². The van der Waals surface area contributed by atoms with Crippen LogP contribution in [-0.4, -0.2) is 93.9 Å². The normalized spacial score (nSPS) is 15.1. The lowest BCUT2D eigenvalue weighted by Gasteiger charge is -2.26. The molecule has 0 aromatic heterocycles. The molecule has 0 unspecified atom stereocenters. The molecule has 2 aromatic rings. The molecule has 0 radical (unpaired) electrons. The van der Waals surface area contributed by atoms with Gasteiger partial charge in [-0.1, -0.05) is 18.2 Å². The van der Waals surface area contributed by atoms with Crippen LogP contribution in [0.1, 0.15) is 19.4 Å². The van der Waals surface area contributed by atoms with Gasteiger partial charge in [0.2, 0.25) is 0 Å². The zero-order valence-electron chi connectivity index (χ0n) is 21.3. The average molecular weight is 489 g/mol. The lowest BCUT2D eigenvalue weighted by atomic mass is 10.2. The first-order chi connectivity index (χ1) is 17.1. The van der Waals surface area contributed by atoms with Crippen LogP contribution in [0.5, 0.6) is 23.0 Å². The third-order valence-electron chi connectivity index (χ3n) is 5.63. The maximum atomic E-state index is 10.5. The van der Waals surface area contributed by atoms with Gasteiger partial charge in [-0.25, -0.2) is 0 Å². The number of benzene rings is 2. The van der Waals surface area contributed by atoms with E-state index in [2.05, 4.69) is 9.80 Å². The molecule has 1 aliphatic heterocycles. The van der Waals surface area contributed by atoms with Gasteiger partial charge in [0.05, 0.1) is 26.4 Å². The Hall–Kier alpha value is -2.52. The fourth-order valence-corrected chi connectivity index (χ4v) is 3.97. The van der Waals surface area contributed by atoms with Crippen LogP contribution in [-0.2, 0) is 11.3 Å². The Morgan fingerprint density at radius 1 is 0.914 bits per heavy atom. The van der Waals surface area contributed by atoms with Crippen molar-refractivity contribution in [1.82, 2.24) is 9.80 Å². The fraction of sp³-hybridized carbons (Fsp3) is 0.556. The van der Waals surface area contributed by atoms with Gasteiger partial charge < -0.3 is 28.8 Å². The number of ether oxygens (including phenoxy) is 5. The molecule has 3 rings (SSSR count). The number of likely N-dealkylation sites (N-methyl/N-ethyl adjacent to an activating group) is 1. The van der Waals surface area contributed by atoms with Crippen molar-refractivity contribution in [2.24, 2.45) is 0 Å². The number of aliphatic hydroxyl groups excluding tert-OH is 1. The number of rotatable bonds is 15. The summed E-state index contributed by atoms with van der Waals surface area (Å²) in [6, 6.07) is 13.5. The van der Waals surface area contributed by atoms with Crippen LogP contribution in [0.25, 0.3) is 0 Å². The number of aliphatic hydroxyl groups is 1. The fourth-order valence-electron chi connectivity index (χ4n) is 3.97. The van der Waals surface area contributed by atoms with Crippen molar-refractivity contribution in [3.05, 3.63) is 48.0 Å². The lowest BCUT2D eigenvalue weighted by Crippen LogP contribution is -2.38. The first-order valence-corrected chi connectivity index (χ1v) is 12.5. The Kier molecular flexibility index (Phi) is 11.4. The smallest absolute Gasteiger partial charge is 0.161 e. The van der Waals surface area contributed by atoms with Crippen molar-refractivity contribution in [2.45, 2.75) is 26.5 Å². The van der Waals surface area contributed by atoms with Crippen LogP contribution in [0, 0.1) is 0 Å². The number of hydrogen-bond donors (Lipinski definition) is 1. The van der Waals surface area contributed by atoms with E-state index in [-0.39, 0.29) is 6.61 Å². The van der Waals surface area contributed by atoms with Gasteiger partial charge in [-0.05, 0) is 50.7 Å². The summed E-state index contributed by atoms with van der Waals surface area (Å²) in [5, 5.41) is 10.5. The van der Waals surface area contributed by atoms with Gasteiger partial charge in [0.1, 0.15) is 19.3 Å². The van der Waals surface area contributed by atoms with E-state index in [9.17, 15) is 5.11 Å². The second-order valence-corrected chi connectivity index (χ2v) is 8.56. The molecule has 0 bridgehead atoms. The highest BCUT2D eigenvalue weighted by Crippen LogP contribution is 2.29. The van der Waals surface area contributed by atoms with Crippen molar-refractivity contribution in [1.29, 1.82) is 0 Å². The number of hydrogen-bond acceptors (Lipinski definition) is 8. The molecule has 2 aromatic carbocycles. The molecule has 194 valence electrons. The first kappa shape index (κ1) is 27.1. The maximum absolute atomic E-state index is 10.5. The average Bonchev–Trinajstić information content (AvgIpc) is 2.86. The van der Waals surface area contributed by atoms with Gasteiger partial charge in [0.15, 0.2) is 23.0 Å². The molecule has 0 saturated carbocycles. The molecule has 1 heterocycles. The monoisotopic (exact) mass is 488 g/mol. The molecule has 1 N–H and O–H groups in total. The van der Waals surface area contributed by atoms with E-state index in [1.165, 1.54) is 0 Å². The predicted octanol–water partition coefficient (Wildman–Crippen LogP) is 3.07. The summed E-state index contributed by atoms with van der Waals surface area (Å²) in [7, 11) is 1.98. The quantitative estimate of drug-likeness (QED) is 0.410. The van der Waals surface area contributed by atoms with E-state index in [1.807, 2.05) is 63.4 Å². The van der Waals surface area contributed by atoms with Crippen molar-refractivity contribution in [3.63, 3.8) is 0 Å². The molecule has 8 heteroatoms. The highest BCUT2D eigenvalue weighted by Gasteiger charge is 2.14. The molecule has 0 amide bonds. The number of morpholine rings is 1. The minimum atomic E-state index is -0.635. The Morgan fingerprint density at radius 2 is 1.57 bits per heavy atom. The van der Waals surface area contributed by atoms with Crippen LogP contribution in [0.2, 0.25) is 0 Å². The summed E-state index contributed by atoms with van der Waals surface area (Å²) >= 11 is 0. The van der Waals surface area contributed by atoms with Crippen LogP contribution in [0.15, 0.2) is 42.5 Å². The Bertz CT molecular complexity index is 875. The molecule has 8 nitrogen and oxygen atoms in total. The minimum Gasteiger partial charge on any atom is -0.490 e. The minimum absolute atomic E-state index is 0.189. The molecule has 0 aliphatic carbocycles. The molecule has 1 fully saturated rings. The van der Waals surface area contributed by atoms with Gasteiger partial charge in [-0.15, -0.1) is 0 Å². The zero-order valence-corrected chi connectivity index (χ0v) is 21.3. The van der Waals surface area contributed by atoms with E-state index in [4.69, 9.17) is 23.7 Å². The van der Waals surface area contributed by atoms with Crippen LogP contribution in [0.4, 0.5) is 0 Å². The van der Waals surface area contributed by atoms with Gasteiger partial charge in [0, 0.05) is 32.7 Å². The van der Waals surface area contributed by atoms with Crippen LogP contribution < -0.4 is 18.9 Å². The van der Waals surface area contributed by atoms with E-state index in [0.29, 0.717) is 44.4 Å². The topological polar surface area (TPSA) is 72.9 Å². The third-order valence-corrected chi connectivity index (χ3v) is 5.63. The summed E-state index contributed by atoms with van der Waals surface area (Å²) in [5.41, 5.74) is 1.09. The van der Waals surface area contributed by atoms with Gasteiger partial charge in [-0.2, -0.15) is 0 Å². The molecule has 1 aliphatic rings. The van der Waals surface area contributed by atoms with Crippen LogP contribution >= 0.6 is 0 Å². The number of nitrogens with zero attached hydrogens (tertiary/aromatic N) is 2. The molecule has 1 saturated heterocycles. The van der Waals surface area contributed by atoms with E-state index < -0.39 is 6.10 Å². The van der Waals surface area contributed by atoms with Crippen molar-refractivity contribution in [3.8, 4) is 23.0 Å². The third kappa shape index (κ3) is 9.22. The standard InChI is InChI=1S/C27H40N2O6/c1-4-32-24-8-6-7-9-25(24)35-21-23(30)20-28(3)19-22-10-11-26(27(18-22)33-5-2)34-17-14-29-12-15-31-16-13-29/h6-11,18,23,30H,4-5,12-17,19-21H2,1-3H3/t23-/m1/s1. The Balaban J connectivity index is 1.47. The molecule has 35 heavy (non-hydrogen) atoms. The van der Waals surface area contributed by atoms with E-state index >= 15 is 0 Å². The van der Waals surface area contributed by atoms with Crippen LogP contribution in [0.3, 0.4) is 0 Å². The van der Waals surface area contributed by atoms with Crippen molar-refractivity contribution in [2.75, 3.05) is 72.9 Å². The second kappa shape index (κ2) is 14.8. The first-order valence-electron chi connectivity index (χ1n) is 12.5. The summed E-state index contributed by atoms with van der Waals surface area (Å²) < 4.78 is 28.7. The zero-order chi connectivity index (χ0) is 24.9. The van der Waals surface area contributed by atoms with Gasteiger partial charge in [-0.3, -0.25) is 9.80 Å². The SMILES string of the molecule is CCOc1cc(CN(C)C[C@@H](O)COc2ccccc2OCC)ccc1OCCN1CCOCC1. The Morgan fingerprint density at radius 3 is 2.29 bits per heavy atom. The molecule has 1 atom stereocenters. The molecule has 0 spiro atoms. The molecular formula is C27H40N2O6. The second-order valence-electron chi connectivity index (χ2n) is 8.56. The summed E-state index contributed by atoms with van der Waals surface area (Å²) in [4.78, 5) is 4.41. The highest BCUT2D eigenvalue weighted by molar-refractivity contribution is 5.43. The Labute approximate surface area is 209 Å². The lowest BCUT2D eigenvalue weighted by molar-refractivity contribution is 0.0320. The van der Waals surface area contributed by atoms with Crippen molar-refractivity contribution < 1.29 is 28.8 Å². The summed E-state index contributed by atoms with van der Waals surface area (Å²) in [6.07, 6.45) is -0.635. The predicted molar refractivity (Wildman–Crippen MR) is 136 cm³/mol. The maximum Gasteiger partial charge on any atom is 0.161 e. The summed E-state index contributed by atoms with van der Waals surface area (Å²) in [5.74, 6) is 2.83. The van der Waals surface area contributed by atoms with E-state index in [0.717, 1.165) is 49.9 Å². The highest BCUT2D eigenvalue weighted by atomic mass is 16.5.